The smallest absolute Gasteiger partial charge is 0.161 e. The van der Waals surface area contributed by atoms with Gasteiger partial charge in [0.25, 0.3) is 0 Å². The van der Waals surface area contributed by atoms with E-state index in [-0.39, 0.29) is 5.69 Å². The Morgan fingerprint density at radius 1 is 1.00 bits per heavy atom. The van der Waals surface area contributed by atoms with Gasteiger partial charge in [0.15, 0.2) is 11.6 Å². The summed E-state index contributed by atoms with van der Waals surface area (Å²) in [5, 5.41) is 7.46. The number of fused-ring (bicyclic) bond motifs is 2. The van der Waals surface area contributed by atoms with E-state index in [1.807, 2.05) is 17.7 Å². The predicted molar refractivity (Wildman–Crippen MR) is 112 cm³/mol. The van der Waals surface area contributed by atoms with E-state index in [9.17, 15) is 0 Å². The monoisotopic (exact) mass is 411 g/mol. The second-order valence-corrected chi connectivity index (χ2v) is 7.09. The van der Waals surface area contributed by atoms with Gasteiger partial charge in [-0.2, -0.15) is 5.10 Å². The van der Waals surface area contributed by atoms with Gasteiger partial charge in [-0.3, -0.25) is 20.1 Å². The number of nitrogens with zero attached hydrogens (tertiary/aromatic N) is 7. The minimum absolute atomic E-state index is 0.204. The van der Waals surface area contributed by atoms with Gasteiger partial charge < -0.3 is 9.55 Å². The van der Waals surface area contributed by atoms with Crippen molar-refractivity contribution in [2.24, 2.45) is 0 Å². The quantitative estimate of drug-likeness (QED) is 0.460. The highest BCUT2D eigenvalue weighted by molar-refractivity contribution is 5.96. The van der Waals surface area contributed by atoms with E-state index in [0.717, 1.165) is 11.4 Å². The number of imidazole rings is 2. The summed E-state index contributed by atoms with van der Waals surface area (Å²) in [4.78, 5) is 24.8. The molecule has 0 aliphatic heterocycles. The van der Waals surface area contributed by atoms with Crippen molar-refractivity contribution in [2.45, 2.75) is 6.92 Å². The lowest BCUT2D eigenvalue weighted by Gasteiger charge is -2.03. The van der Waals surface area contributed by atoms with Gasteiger partial charge in [-0.25, -0.2) is 14.4 Å². The minimum atomic E-state index is -0.488. The number of aromatic nitrogens is 9. The predicted octanol–water partition coefficient (Wildman–Crippen LogP) is 3.59. The fraction of sp³-hybridized carbons (Fsp3) is 0.0476. The van der Waals surface area contributed by atoms with E-state index in [1.54, 1.807) is 49.4 Å². The first-order chi connectivity index (χ1) is 15.2. The van der Waals surface area contributed by atoms with E-state index < -0.39 is 5.82 Å². The van der Waals surface area contributed by atoms with Gasteiger partial charge in [-0.05, 0) is 19.1 Å². The zero-order chi connectivity index (χ0) is 20.9. The Morgan fingerprint density at radius 2 is 1.94 bits per heavy atom. The third-order valence-electron chi connectivity index (χ3n) is 5.07. The van der Waals surface area contributed by atoms with Gasteiger partial charge in [-0.1, -0.05) is 0 Å². The first-order valence-electron chi connectivity index (χ1n) is 9.47. The maximum atomic E-state index is 15.5. The first kappa shape index (κ1) is 17.4. The van der Waals surface area contributed by atoms with Gasteiger partial charge in [0.1, 0.15) is 16.9 Å². The number of hydrogen-bond acceptors (Lipinski definition) is 6. The molecule has 6 aromatic rings. The average molecular weight is 411 g/mol. The fourth-order valence-electron chi connectivity index (χ4n) is 3.62. The number of aryl methyl sites for hydroxylation is 1. The van der Waals surface area contributed by atoms with E-state index in [1.165, 1.54) is 0 Å². The number of halogens is 1. The number of aromatic amines is 2. The zero-order valence-electron chi connectivity index (χ0n) is 16.2. The van der Waals surface area contributed by atoms with E-state index >= 15 is 4.39 Å². The van der Waals surface area contributed by atoms with Crippen molar-refractivity contribution < 1.29 is 4.39 Å². The van der Waals surface area contributed by atoms with Crippen molar-refractivity contribution >= 4 is 21.9 Å². The lowest BCUT2D eigenvalue weighted by atomic mass is 10.1. The lowest BCUT2D eigenvalue weighted by molar-refractivity contribution is 0.638. The van der Waals surface area contributed by atoms with Gasteiger partial charge in [0.2, 0.25) is 0 Å². The Bertz CT molecular complexity index is 1560. The Kier molecular flexibility index (Phi) is 3.66. The van der Waals surface area contributed by atoms with Gasteiger partial charge in [0, 0.05) is 24.2 Å². The Balaban J connectivity index is 1.56. The molecule has 0 radical (unpaired) electrons. The van der Waals surface area contributed by atoms with Crippen LogP contribution in [0.5, 0.6) is 0 Å². The molecular weight excluding hydrogens is 397 g/mol. The molecule has 0 amide bonds. The van der Waals surface area contributed by atoms with Crippen LogP contribution < -0.4 is 0 Å². The van der Waals surface area contributed by atoms with Crippen LogP contribution in [0.3, 0.4) is 0 Å². The van der Waals surface area contributed by atoms with Crippen LogP contribution >= 0.6 is 0 Å². The van der Waals surface area contributed by atoms with Crippen molar-refractivity contribution in [2.75, 3.05) is 0 Å². The summed E-state index contributed by atoms with van der Waals surface area (Å²) in [6.45, 7) is 1.91. The van der Waals surface area contributed by atoms with Crippen LogP contribution in [-0.4, -0.2) is 44.7 Å². The largest absolute Gasteiger partial charge is 0.335 e. The molecule has 6 rings (SSSR count). The van der Waals surface area contributed by atoms with Crippen LogP contribution in [0.25, 0.3) is 50.4 Å². The van der Waals surface area contributed by atoms with E-state index in [2.05, 4.69) is 35.1 Å². The minimum Gasteiger partial charge on any atom is -0.335 e. The van der Waals surface area contributed by atoms with E-state index in [4.69, 9.17) is 4.98 Å². The number of H-pyrrole nitrogens is 2. The standard InChI is InChI=1S/C21H14FN9/c1-11-9-31(10-26-11)15-8-24-6-14-19(15)28-21(27-14)20-16-13(29-30-20)7-25-18(17(16)22)12-3-2-4-23-5-12/h2-10H,1H3,(H,27,28)(H,29,30). The van der Waals surface area contributed by atoms with Crippen molar-refractivity contribution in [1.82, 2.24) is 44.7 Å². The number of rotatable bonds is 3. The normalized spacial score (nSPS) is 11.5. The van der Waals surface area contributed by atoms with Crippen LogP contribution in [0.15, 0.2) is 55.6 Å². The molecule has 0 bridgehead atoms. The van der Waals surface area contributed by atoms with Crippen LogP contribution in [0, 0.1) is 12.7 Å². The van der Waals surface area contributed by atoms with Crippen LogP contribution in [-0.2, 0) is 0 Å². The molecule has 0 aliphatic carbocycles. The van der Waals surface area contributed by atoms with Crippen LogP contribution in [0.1, 0.15) is 5.69 Å². The molecule has 0 atom stereocenters. The SMILES string of the molecule is Cc1cn(-c2cncc3[nH]c(-c4n[nH]c5cnc(-c6cccnc6)c(F)c45)nc23)cn1. The van der Waals surface area contributed by atoms with Crippen LogP contribution in [0.4, 0.5) is 4.39 Å². The summed E-state index contributed by atoms with van der Waals surface area (Å²) >= 11 is 0. The summed E-state index contributed by atoms with van der Waals surface area (Å²) in [5.74, 6) is -0.0622. The Labute approximate surface area is 174 Å². The summed E-state index contributed by atoms with van der Waals surface area (Å²) < 4.78 is 17.4. The van der Waals surface area contributed by atoms with Crippen LogP contribution in [0.2, 0.25) is 0 Å². The average Bonchev–Trinajstić information content (AvgIpc) is 3.52. The Hall–Kier alpha value is -4.47. The highest BCUT2D eigenvalue weighted by Crippen LogP contribution is 2.32. The number of hydrogen-bond donors (Lipinski definition) is 2. The molecule has 6 aromatic heterocycles. The molecule has 10 heteroatoms. The molecule has 0 aliphatic rings. The highest BCUT2D eigenvalue weighted by Gasteiger charge is 2.21. The molecule has 9 nitrogen and oxygen atoms in total. The molecule has 31 heavy (non-hydrogen) atoms. The molecule has 2 N–H and O–H groups in total. The third kappa shape index (κ3) is 2.69. The second kappa shape index (κ2) is 6.52. The highest BCUT2D eigenvalue weighted by atomic mass is 19.1. The molecule has 0 fully saturated rings. The topological polar surface area (TPSA) is 114 Å². The van der Waals surface area contributed by atoms with Crippen molar-refractivity contribution in [3.05, 3.63) is 67.2 Å². The summed E-state index contributed by atoms with van der Waals surface area (Å²) in [6.07, 6.45) is 11.7. The summed E-state index contributed by atoms with van der Waals surface area (Å²) in [7, 11) is 0. The third-order valence-corrected chi connectivity index (χ3v) is 5.07. The Morgan fingerprint density at radius 3 is 2.74 bits per heavy atom. The first-order valence-corrected chi connectivity index (χ1v) is 9.47. The molecule has 150 valence electrons. The lowest BCUT2D eigenvalue weighted by Crippen LogP contribution is -1.93. The maximum absolute atomic E-state index is 15.5. The molecule has 0 saturated carbocycles. The molecule has 0 aromatic carbocycles. The van der Waals surface area contributed by atoms with Crippen molar-refractivity contribution in [3.8, 4) is 28.5 Å². The molecule has 6 heterocycles. The second-order valence-electron chi connectivity index (χ2n) is 7.09. The number of pyridine rings is 3. The number of nitrogens with one attached hydrogen (secondary N) is 2. The molecular formula is C21H14FN9. The van der Waals surface area contributed by atoms with Gasteiger partial charge in [0.05, 0.1) is 52.7 Å². The van der Waals surface area contributed by atoms with Crippen molar-refractivity contribution in [3.63, 3.8) is 0 Å². The molecule has 0 unspecified atom stereocenters. The molecule has 0 saturated heterocycles. The fourth-order valence-corrected chi connectivity index (χ4v) is 3.62. The van der Waals surface area contributed by atoms with E-state index in [0.29, 0.717) is 39.0 Å². The van der Waals surface area contributed by atoms with Crippen molar-refractivity contribution in [1.29, 1.82) is 0 Å². The zero-order valence-corrected chi connectivity index (χ0v) is 16.2. The van der Waals surface area contributed by atoms with Gasteiger partial charge >= 0.3 is 0 Å². The maximum Gasteiger partial charge on any atom is 0.161 e. The molecule has 0 spiro atoms. The van der Waals surface area contributed by atoms with Gasteiger partial charge in [-0.15, -0.1) is 0 Å². The summed E-state index contributed by atoms with van der Waals surface area (Å²) in [5.41, 5.74) is 4.66. The summed E-state index contributed by atoms with van der Waals surface area (Å²) in [6, 6.07) is 3.50.